The number of nitrogen functional groups attached to an aromatic ring is 1. The first-order valence-corrected chi connectivity index (χ1v) is 6.97. The summed E-state index contributed by atoms with van der Waals surface area (Å²) in [6.45, 7) is 10.6. The van der Waals surface area contributed by atoms with Crippen molar-refractivity contribution < 1.29 is 0 Å². The molecular weight excluding hydrogens is 236 g/mol. The maximum atomic E-state index is 7.81. The van der Waals surface area contributed by atoms with Crippen LogP contribution in [0.25, 0.3) is 0 Å². The smallest absolute Gasteiger partial charge is 0.140 e. The van der Waals surface area contributed by atoms with Crippen LogP contribution in [0.15, 0.2) is 6.07 Å². The van der Waals surface area contributed by atoms with E-state index in [2.05, 4.69) is 23.7 Å². The molecule has 1 aliphatic heterocycles. The SMILES string of the molecule is Cc1cc(C)c(C(=N)N)c(N2CCC(C)C(C)C2)n1. The zero-order valence-corrected chi connectivity index (χ0v) is 12.3. The molecule has 0 radical (unpaired) electrons. The highest BCUT2D eigenvalue weighted by molar-refractivity contribution is 6.01. The van der Waals surface area contributed by atoms with Crippen molar-refractivity contribution in [1.29, 1.82) is 5.41 Å². The van der Waals surface area contributed by atoms with Gasteiger partial charge in [0.25, 0.3) is 0 Å². The topological polar surface area (TPSA) is 66.0 Å². The summed E-state index contributed by atoms with van der Waals surface area (Å²) in [5.74, 6) is 2.41. The number of piperidine rings is 1. The maximum absolute atomic E-state index is 7.81. The highest BCUT2D eigenvalue weighted by Gasteiger charge is 2.26. The number of amidine groups is 1. The standard InChI is InChI=1S/C15H24N4/c1-9-5-6-19(8-11(9)3)15-13(14(16)17)10(2)7-12(4)18-15/h7,9,11H,5-6,8H2,1-4H3,(H3,16,17). The molecule has 4 nitrogen and oxygen atoms in total. The van der Waals surface area contributed by atoms with Gasteiger partial charge in [-0.1, -0.05) is 13.8 Å². The summed E-state index contributed by atoms with van der Waals surface area (Å²) < 4.78 is 0. The average Bonchev–Trinajstić information content (AvgIpc) is 2.31. The van der Waals surface area contributed by atoms with Crippen LogP contribution in [0.2, 0.25) is 0 Å². The second kappa shape index (κ2) is 5.19. The fourth-order valence-electron chi connectivity index (χ4n) is 2.83. The van der Waals surface area contributed by atoms with Gasteiger partial charge in [0.05, 0.1) is 5.56 Å². The van der Waals surface area contributed by atoms with Gasteiger partial charge in [0.15, 0.2) is 0 Å². The van der Waals surface area contributed by atoms with Gasteiger partial charge >= 0.3 is 0 Å². The molecule has 104 valence electrons. The van der Waals surface area contributed by atoms with E-state index in [9.17, 15) is 0 Å². The van der Waals surface area contributed by atoms with E-state index in [0.29, 0.717) is 5.92 Å². The summed E-state index contributed by atoms with van der Waals surface area (Å²) in [7, 11) is 0. The first kappa shape index (κ1) is 13.8. The highest BCUT2D eigenvalue weighted by Crippen LogP contribution is 2.29. The van der Waals surface area contributed by atoms with Gasteiger partial charge in [-0.15, -0.1) is 0 Å². The lowest BCUT2D eigenvalue weighted by Gasteiger charge is -2.37. The average molecular weight is 260 g/mol. The zero-order valence-electron chi connectivity index (χ0n) is 12.3. The van der Waals surface area contributed by atoms with Crippen molar-refractivity contribution in [1.82, 2.24) is 4.98 Å². The summed E-state index contributed by atoms with van der Waals surface area (Å²) in [5, 5.41) is 7.81. The molecule has 2 atom stereocenters. The normalized spacial score (nSPS) is 23.5. The van der Waals surface area contributed by atoms with Gasteiger partial charge < -0.3 is 10.6 Å². The predicted molar refractivity (Wildman–Crippen MR) is 79.9 cm³/mol. The van der Waals surface area contributed by atoms with Crippen molar-refractivity contribution in [2.75, 3.05) is 18.0 Å². The summed E-state index contributed by atoms with van der Waals surface area (Å²) in [6.07, 6.45) is 1.17. The number of nitrogens with zero attached hydrogens (tertiary/aromatic N) is 2. The molecular formula is C15H24N4. The molecule has 1 fully saturated rings. The molecule has 1 aromatic rings. The lowest BCUT2D eigenvalue weighted by Crippen LogP contribution is -2.40. The number of hydrogen-bond acceptors (Lipinski definition) is 3. The van der Waals surface area contributed by atoms with E-state index in [1.54, 1.807) is 0 Å². The number of anilines is 1. The maximum Gasteiger partial charge on any atom is 0.140 e. The Morgan fingerprint density at radius 1 is 1.37 bits per heavy atom. The molecule has 19 heavy (non-hydrogen) atoms. The van der Waals surface area contributed by atoms with E-state index in [1.165, 1.54) is 6.42 Å². The molecule has 0 aromatic carbocycles. The Morgan fingerprint density at radius 2 is 2.05 bits per heavy atom. The van der Waals surface area contributed by atoms with Gasteiger partial charge in [-0.2, -0.15) is 0 Å². The van der Waals surface area contributed by atoms with Crippen molar-refractivity contribution in [3.63, 3.8) is 0 Å². The Hall–Kier alpha value is -1.58. The Balaban J connectivity index is 2.41. The Morgan fingerprint density at radius 3 is 2.63 bits per heavy atom. The Labute approximate surface area is 115 Å². The third-order valence-corrected chi connectivity index (χ3v) is 4.23. The van der Waals surface area contributed by atoms with E-state index >= 15 is 0 Å². The summed E-state index contributed by atoms with van der Waals surface area (Å²) in [5.41, 5.74) is 8.58. The minimum atomic E-state index is 0.117. The third-order valence-electron chi connectivity index (χ3n) is 4.23. The number of rotatable bonds is 2. The van der Waals surface area contributed by atoms with E-state index in [-0.39, 0.29) is 5.84 Å². The van der Waals surface area contributed by atoms with Crippen LogP contribution in [0.3, 0.4) is 0 Å². The van der Waals surface area contributed by atoms with Crippen molar-refractivity contribution in [3.8, 4) is 0 Å². The lowest BCUT2D eigenvalue weighted by atomic mass is 9.88. The van der Waals surface area contributed by atoms with Crippen molar-refractivity contribution in [2.24, 2.45) is 17.6 Å². The van der Waals surface area contributed by atoms with E-state index < -0.39 is 0 Å². The van der Waals surface area contributed by atoms with Crippen molar-refractivity contribution in [2.45, 2.75) is 34.1 Å². The number of hydrogen-bond donors (Lipinski definition) is 2. The molecule has 0 saturated carbocycles. The van der Waals surface area contributed by atoms with Gasteiger partial charge in [0, 0.05) is 18.8 Å². The van der Waals surface area contributed by atoms with E-state index in [4.69, 9.17) is 11.1 Å². The van der Waals surface area contributed by atoms with E-state index in [1.807, 2.05) is 19.9 Å². The van der Waals surface area contributed by atoms with Gasteiger partial charge in [-0.05, 0) is 43.7 Å². The van der Waals surface area contributed by atoms with Crippen LogP contribution in [0, 0.1) is 31.1 Å². The Bertz CT molecular complexity index is 495. The zero-order chi connectivity index (χ0) is 14.2. The largest absolute Gasteiger partial charge is 0.384 e. The minimum Gasteiger partial charge on any atom is -0.384 e. The number of nitrogens with one attached hydrogen (secondary N) is 1. The molecule has 1 saturated heterocycles. The lowest BCUT2D eigenvalue weighted by molar-refractivity contribution is 0.322. The monoisotopic (exact) mass is 260 g/mol. The van der Waals surface area contributed by atoms with Crippen LogP contribution >= 0.6 is 0 Å². The molecule has 3 N–H and O–H groups in total. The Kier molecular flexibility index (Phi) is 3.78. The fraction of sp³-hybridized carbons (Fsp3) is 0.600. The summed E-state index contributed by atoms with van der Waals surface area (Å²) in [4.78, 5) is 6.94. The molecule has 0 spiro atoms. The first-order valence-electron chi connectivity index (χ1n) is 6.97. The van der Waals surface area contributed by atoms with Gasteiger partial charge in [0.1, 0.15) is 11.7 Å². The molecule has 0 bridgehead atoms. The van der Waals surface area contributed by atoms with Crippen LogP contribution < -0.4 is 10.6 Å². The molecule has 2 unspecified atom stereocenters. The third kappa shape index (κ3) is 2.72. The molecule has 0 aliphatic carbocycles. The summed E-state index contributed by atoms with van der Waals surface area (Å²) >= 11 is 0. The van der Waals surface area contributed by atoms with Crippen LogP contribution in [0.4, 0.5) is 5.82 Å². The summed E-state index contributed by atoms with van der Waals surface area (Å²) in [6, 6.07) is 2.00. The van der Waals surface area contributed by atoms with Gasteiger partial charge in [-0.25, -0.2) is 4.98 Å². The highest BCUT2D eigenvalue weighted by atomic mass is 15.2. The van der Waals surface area contributed by atoms with Crippen LogP contribution in [0.5, 0.6) is 0 Å². The predicted octanol–water partition coefficient (Wildman–Crippen LogP) is 2.46. The van der Waals surface area contributed by atoms with Crippen LogP contribution in [0.1, 0.15) is 37.1 Å². The number of pyridine rings is 1. The van der Waals surface area contributed by atoms with Crippen LogP contribution in [-0.4, -0.2) is 23.9 Å². The van der Waals surface area contributed by atoms with E-state index in [0.717, 1.165) is 41.6 Å². The first-order chi connectivity index (χ1) is 8.90. The van der Waals surface area contributed by atoms with Gasteiger partial charge in [-0.3, -0.25) is 5.41 Å². The molecule has 1 aliphatic rings. The van der Waals surface area contributed by atoms with Crippen LogP contribution in [-0.2, 0) is 0 Å². The number of nitrogens with two attached hydrogens (primary N) is 1. The molecule has 0 amide bonds. The fourth-order valence-corrected chi connectivity index (χ4v) is 2.83. The minimum absolute atomic E-state index is 0.117. The second-order valence-electron chi connectivity index (χ2n) is 5.88. The van der Waals surface area contributed by atoms with Gasteiger partial charge in [0.2, 0.25) is 0 Å². The number of aromatic nitrogens is 1. The number of aryl methyl sites for hydroxylation is 2. The molecule has 4 heteroatoms. The molecule has 2 rings (SSSR count). The quantitative estimate of drug-likeness (QED) is 0.634. The van der Waals surface area contributed by atoms with Crippen molar-refractivity contribution in [3.05, 3.63) is 22.9 Å². The second-order valence-corrected chi connectivity index (χ2v) is 5.88. The van der Waals surface area contributed by atoms with Crippen molar-refractivity contribution >= 4 is 11.7 Å². The molecule has 1 aromatic heterocycles. The molecule has 2 heterocycles.